The minimum Gasteiger partial charge on any atom is -0.490 e. The van der Waals surface area contributed by atoms with Crippen LogP contribution < -0.4 is 14.8 Å². The maximum atomic E-state index is 13.1. The fourth-order valence-electron chi connectivity index (χ4n) is 4.04. The maximum absolute atomic E-state index is 13.1. The number of carbonyl (C=O) groups is 1. The number of aromatic nitrogens is 3. The minimum absolute atomic E-state index is 0.232. The van der Waals surface area contributed by atoms with Crippen molar-refractivity contribution in [2.24, 2.45) is 0 Å². The van der Waals surface area contributed by atoms with Crippen molar-refractivity contribution in [3.05, 3.63) is 66.0 Å². The number of amides is 1. The largest absolute Gasteiger partial charge is 0.490 e. The van der Waals surface area contributed by atoms with Crippen LogP contribution in [0.2, 0.25) is 0 Å². The average Bonchev–Trinajstić information content (AvgIpc) is 3.21. The van der Waals surface area contributed by atoms with Gasteiger partial charge in [-0.1, -0.05) is 36.4 Å². The summed E-state index contributed by atoms with van der Waals surface area (Å²) in [7, 11) is 1.60. The van der Waals surface area contributed by atoms with Crippen LogP contribution in [-0.2, 0) is 4.74 Å². The lowest BCUT2D eigenvalue weighted by atomic mass is 10.0. The summed E-state index contributed by atoms with van der Waals surface area (Å²) >= 11 is 0. The van der Waals surface area contributed by atoms with Crippen molar-refractivity contribution in [2.45, 2.75) is 20.8 Å². The van der Waals surface area contributed by atoms with Gasteiger partial charge >= 0.3 is 0 Å². The number of nitrogens with one attached hydrogen (secondary N) is 1. The predicted molar refractivity (Wildman–Crippen MR) is 135 cm³/mol. The van der Waals surface area contributed by atoms with E-state index in [0.29, 0.717) is 54.8 Å². The molecule has 0 saturated heterocycles. The summed E-state index contributed by atoms with van der Waals surface area (Å²) in [6.45, 7) is 7.72. The van der Waals surface area contributed by atoms with Gasteiger partial charge in [-0.25, -0.2) is 9.50 Å². The number of methoxy groups -OCH3 is 1. The molecule has 0 aliphatic carbocycles. The van der Waals surface area contributed by atoms with Crippen LogP contribution in [0.25, 0.3) is 28.0 Å². The zero-order chi connectivity index (χ0) is 24.8. The Labute approximate surface area is 204 Å². The fraction of sp³-hybridized carbons (Fsp3) is 0.296. The highest BCUT2D eigenvalue weighted by Crippen LogP contribution is 2.37. The van der Waals surface area contributed by atoms with Crippen LogP contribution in [0.3, 0.4) is 0 Å². The summed E-state index contributed by atoms with van der Waals surface area (Å²) in [6, 6.07) is 15.6. The Kier molecular flexibility index (Phi) is 7.62. The van der Waals surface area contributed by atoms with Crippen molar-refractivity contribution >= 4 is 11.6 Å². The number of carbonyl (C=O) groups excluding carboxylic acids is 1. The number of aryl methyl sites for hydroxylation is 1. The van der Waals surface area contributed by atoms with Crippen LogP contribution >= 0.6 is 0 Å². The molecule has 35 heavy (non-hydrogen) atoms. The Balaban J connectivity index is 1.89. The smallest absolute Gasteiger partial charge is 0.255 e. The first-order valence-corrected chi connectivity index (χ1v) is 11.7. The van der Waals surface area contributed by atoms with Gasteiger partial charge in [0.25, 0.3) is 5.91 Å². The number of rotatable bonds is 10. The summed E-state index contributed by atoms with van der Waals surface area (Å²) in [6.07, 6.45) is 1.61. The SMILES string of the molecule is CCOc1ccc(-c2c(C)nn3c(-c4ccccc4)c(C(=O)NCCOC)cnc23)cc1OCC. The second kappa shape index (κ2) is 11.0. The van der Waals surface area contributed by atoms with Crippen molar-refractivity contribution in [1.82, 2.24) is 19.9 Å². The molecule has 0 radical (unpaired) electrons. The number of nitrogens with zero attached hydrogens (tertiary/aromatic N) is 3. The number of ether oxygens (including phenoxy) is 3. The first kappa shape index (κ1) is 24.2. The molecule has 0 bridgehead atoms. The van der Waals surface area contributed by atoms with E-state index in [2.05, 4.69) is 10.3 Å². The van der Waals surface area contributed by atoms with E-state index in [1.165, 1.54) is 0 Å². The molecule has 4 rings (SSSR count). The van der Waals surface area contributed by atoms with E-state index in [1.54, 1.807) is 17.8 Å². The summed E-state index contributed by atoms with van der Waals surface area (Å²) < 4.78 is 18.4. The molecule has 0 atom stereocenters. The average molecular weight is 475 g/mol. The molecule has 2 heterocycles. The summed E-state index contributed by atoms with van der Waals surface area (Å²) in [5, 5.41) is 7.71. The molecule has 1 amide bonds. The van der Waals surface area contributed by atoms with Gasteiger partial charge < -0.3 is 19.5 Å². The third-order valence-corrected chi connectivity index (χ3v) is 5.53. The molecule has 2 aromatic carbocycles. The van der Waals surface area contributed by atoms with Gasteiger partial charge in [0.15, 0.2) is 17.1 Å². The number of benzene rings is 2. The lowest BCUT2D eigenvalue weighted by Gasteiger charge is -2.13. The Morgan fingerprint density at radius 1 is 1.00 bits per heavy atom. The number of fused-ring (bicyclic) bond motifs is 1. The van der Waals surface area contributed by atoms with Crippen molar-refractivity contribution in [3.63, 3.8) is 0 Å². The Morgan fingerprint density at radius 3 is 2.46 bits per heavy atom. The van der Waals surface area contributed by atoms with Crippen molar-refractivity contribution in [3.8, 4) is 33.9 Å². The molecule has 8 nitrogen and oxygen atoms in total. The zero-order valence-electron chi connectivity index (χ0n) is 20.5. The third kappa shape index (κ3) is 4.97. The van der Waals surface area contributed by atoms with Gasteiger partial charge in [-0.2, -0.15) is 5.10 Å². The fourth-order valence-corrected chi connectivity index (χ4v) is 4.04. The van der Waals surface area contributed by atoms with Crippen molar-refractivity contribution < 1.29 is 19.0 Å². The van der Waals surface area contributed by atoms with E-state index in [0.717, 1.165) is 22.4 Å². The Morgan fingerprint density at radius 2 is 1.74 bits per heavy atom. The quantitative estimate of drug-likeness (QED) is 0.340. The first-order chi connectivity index (χ1) is 17.1. The Bertz CT molecular complexity index is 1320. The molecule has 8 heteroatoms. The van der Waals surface area contributed by atoms with Gasteiger partial charge in [0, 0.05) is 31.0 Å². The summed E-state index contributed by atoms with van der Waals surface area (Å²) in [4.78, 5) is 17.7. The molecular weight excluding hydrogens is 444 g/mol. The van der Waals surface area contributed by atoms with Crippen molar-refractivity contribution in [1.29, 1.82) is 0 Å². The molecule has 0 unspecified atom stereocenters. The first-order valence-electron chi connectivity index (χ1n) is 11.7. The number of hydrogen-bond acceptors (Lipinski definition) is 6. The summed E-state index contributed by atoms with van der Waals surface area (Å²) in [5.41, 5.74) is 5.21. The van der Waals surface area contributed by atoms with E-state index >= 15 is 0 Å². The minimum atomic E-state index is -0.232. The molecule has 0 spiro atoms. The zero-order valence-corrected chi connectivity index (χ0v) is 20.5. The van der Waals surface area contributed by atoms with Crippen LogP contribution in [0.4, 0.5) is 0 Å². The normalized spacial score (nSPS) is 11.0. The van der Waals surface area contributed by atoms with Crippen LogP contribution in [-0.4, -0.2) is 54.0 Å². The lowest BCUT2D eigenvalue weighted by molar-refractivity contribution is 0.0937. The van der Waals surface area contributed by atoms with Gasteiger partial charge in [-0.15, -0.1) is 0 Å². The molecule has 2 aromatic heterocycles. The molecule has 0 saturated carbocycles. The van der Waals surface area contributed by atoms with Crippen LogP contribution in [0, 0.1) is 6.92 Å². The predicted octanol–water partition coefficient (Wildman–Crippen LogP) is 4.55. The highest BCUT2D eigenvalue weighted by molar-refractivity contribution is 6.00. The standard InChI is InChI=1S/C27H30N4O4/c1-5-34-22-13-12-20(16-23(22)35-6-2)24-18(3)30-31-25(19-10-8-7-9-11-19)21(17-29-26(24)31)27(32)28-14-15-33-4/h7-13,16-17H,5-6,14-15H2,1-4H3,(H,28,32). The highest BCUT2D eigenvalue weighted by atomic mass is 16.5. The Hall–Kier alpha value is -3.91. The number of hydrogen-bond donors (Lipinski definition) is 1. The van der Waals surface area contributed by atoms with Gasteiger partial charge in [0.2, 0.25) is 0 Å². The molecule has 1 N–H and O–H groups in total. The van der Waals surface area contributed by atoms with Gasteiger partial charge in [0.05, 0.1) is 36.8 Å². The molecule has 0 aliphatic heterocycles. The van der Waals surface area contributed by atoms with E-state index < -0.39 is 0 Å². The molecule has 0 aliphatic rings. The topological polar surface area (TPSA) is 87.0 Å². The molecule has 4 aromatic rings. The van der Waals surface area contributed by atoms with E-state index in [1.807, 2.05) is 69.3 Å². The van der Waals surface area contributed by atoms with E-state index in [9.17, 15) is 4.79 Å². The van der Waals surface area contributed by atoms with E-state index in [4.69, 9.17) is 19.3 Å². The van der Waals surface area contributed by atoms with Crippen LogP contribution in [0.1, 0.15) is 29.9 Å². The second-order valence-corrected chi connectivity index (χ2v) is 7.86. The van der Waals surface area contributed by atoms with Crippen LogP contribution in [0.15, 0.2) is 54.7 Å². The molecule has 182 valence electrons. The highest BCUT2D eigenvalue weighted by Gasteiger charge is 2.22. The van der Waals surface area contributed by atoms with E-state index in [-0.39, 0.29) is 5.91 Å². The molecular formula is C27H30N4O4. The van der Waals surface area contributed by atoms with Crippen molar-refractivity contribution in [2.75, 3.05) is 33.5 Å². The van der Waals surface area contributed by atoms with Gasteiger partial charge in [0.1, 0.15) is 0 Å². The second-order valence-electron chi connectivity index (χ2n) is 7.86. The maximum Gasteiger partial charge on any atom is 0.255 e. The lowest BCUT2D eigenvalue weighted by Crippen LogP contribution is -2.28. The summed E-state index contributed by atoms with van der Waals surface area (Å²) in [5.74, 6) is 1.13. The van der Waals surface area contributed by atoms with Gasteiger partial charge in [-0.05, 0) is 38.5 Å². The van der Waals surface area contributed by atoms with Gasteiger partial charge in [-0.3, -0.25) is 4.79 Å². The monoisotopic (exact) mass is 474 g/mol. The molecule has 0 fully saturated rings. The third-order valence-electron chi connectivity index (χ3n) is 5.53. The van der Waals surface area contributed by atoms with Crippen LogP contribution in [0.5, 0.6) is 11.5 Å².